The highest BCUT2D eigenvalue weighted by molar-refractivity contribution is 8.00. The first-order valence-corrected chi connectivity index (χ1v) is 8.64. The van der Waals surface area contributed by atoms with E-state index < -0.39 is 6.04 Å². The summed E-state index contributed by atoms with van der Waals surface area (Å²) in [7, 11) is 0. The van der Waals surface area contributed by atoms with Gasteiger partial charge in [-0.25, -0.2) is 4.98 Å². The Morgan fingerprint density at radius 2 is 2.13 bits per heavy atom. The van der Waals surface area contributed by atoms with E-state index in [4.69, 9.17) is 5.73 Å². The molecule has 1 amide bonds. The standard InChI is InChI=1S/C16H22N4O2S/c1-16(2,23-3)13(17)15(22)18-9-8-12-19-11-7-5-4-6-10(11)14(21)20-12/h4-7,13H,8-9,17H2,1-3H3,(H,18,22)(H,19,20,21)/t13-/m1/s1. The minimum absolute atomic E-state index is 0.169. The molecule has 0 aliphatic rings. The summed E-state index contributed by atoms with van der Waals surface area (Å²) >= 11 is 1.55. The van der Waals surface area contributed by atoms with E-state index >= 15 is 0 Å². The molecule has 23 heavy (non-hydrogen) atoms. The van der Waals surface area contributed by atoms with Crippen molar-refractivity contribution in [1.82, 2.24) is 15.3 Å². The van der Waals surface area contributed by atoms with Crippen LogP contribution in [0, 0.1) is 0 Å². The molecule has 6 nitrogen and oxygen atoms in total. The van der Waals surface area contributed by atoms with Gasteiger partial charge in [-0.15, -0.1) is 0 Å². The third-order valence-electron chi connectivity index (χ3n) is 3.88. The largest absolute Gasteiger partial charge is 0.354 e. The molecule has 0 aliphatic heterocycles. The number of nitrogens with two attached hydrogens (primary N) is 1. The van der Waals surface area contributed by atoms with Crippen LogP contribution in [0.25, 0.3) is 10.9 Å². The van der Waals surface area contributed by atoms with Crippen LogP contribution >= 0.6 is 11.8 Å². The number of nitrogens with zero attached hydrogens (tertiary/aromatic N) is 1. The second-order valence-electron chi connectivity index (χ2n) is 5.86. The molecule has 0 spiro atoms. The summed E-state index contributed by atoms with van der Waals surface area (Å²) in [6.45, 7) is 4.24. The molecule has 0 saturated carbocycles. The molecule has 2 rings (SSSR count). The number of fused-ring (bicyclic) bond motifs is 1. The van der Waals surface area contributed by atoms with Gasteiger partial charge in [0.2, 0.25) is 5.91 Å². The third kappa shape index (κ3) is 4.11. The van der Waals surface area contributed by atoms with Crippen molar-refractivity contribution in [3.05, 3.63) is 40.4 Å². The monoisotopic (exact) mass is 334 g/mol. The molecule has 2 aromatic rings. The van der Waals surface area contributed by atoms with Gasteiger partial charge in [-0.2, -0.15) is 11.8 Å². The number of aromatic amines is 1. The van der Waals surface area contributed by atoms with E-state index in [0.29, 0.717) is 29.7 Å². The summed E-state index contributed by atoms with van der Waals surface area (Å²) in [4.78, 5) is 31.2. The Bertz CT molecular complexity index is 757. The Labute approximate surface area is 139 Å². The number of nitrogens with one attached hydrogen (secondary N) is 2. The van der Waals surface area contributed by atoms with E-state index in [1.807, 2.05) is 26.2 Å². The number of hydrogen-bond donors (Lipinski definition) is 3. The normalized spacial score (nSPS) is 13.0. The van der Waals surface area contributed by atoms with E-state index in [1.165, 1.54) is 0 Å². The van der Waals surface area contributed by atoms with Gasteiger partial charge in [-0.05, 0) is 32.2 Å². The number of carbonyl (C=O) groups excluding carboxylic acids is 1. The van der Waals surface area contributed by atoms with Gasteiger partial charge in [0.15, 0.2) is 0 Å². The first kappa shape index (κ1) is 17.5. The van der Waals surface area contributed by atoms with Crippen LogP contribution in [-0.4, -0.2) is 39.5 Å². The lowest BCUT2D eigenvalue weighted by Crippen LogP contribution is -2.52. The molecule has 1 atom stereocenters. The van der Waals surface area contributed by atoms with Crippen LogP contribution in [0.15, 0.2) is 29.1 Å². The molecule has 1 heterocycles. The number of aromatic nitrogens is 2. The molecule has 0 saturated heterocycles. The van der Waals surface area contributed by atoms with Crippen molar-refractivity contribution >= 4 is 28.6 Å². The zero-order valence-corrected chi connectivity index (χ0v) is 14.4. The maximum atomic E-state index is 12.1. The summed E-state index contributed by atoms with van der Waals surface area (Å²) in [6, 6.07) is 6.57. The average molecular weight is 334 g/mol. The van der Waals surface area contributed by atoms with Crippen molar-refractivity contribution in [1.29, 1.82) is 0 Å². The quantitative estimate of drug-likeness (QED) is 0.733. The highest BCUT2D eigenvalue weighted by Crippen LogP contribution is 2.24. The summed E-state index contributed by atoms with van der Waals surface area (Å²) in [6.07, 6.45) is 2.37. The van der Waals surface area contributed by atoms with Gasteiger partial charge in [0.1, 0.15) is 5.82 Å². The molecule has 1 aromatic carbocycles. The van der Waals surface area contributed by atoms with Crippen molar-refractivity contribution in [3.63, 3.8) is 0 Å². The smallest absolute Gasteiger partial charge is 0.258 e. The predicted molar refractivity (Wildman–Crippen MR) is 94.6 cm³/mol. The number of thioether (sulfide) groups is 1. The Hall–Kier alpha value is -1.86. The second-order valence-corrected chi connectivity index (χ2v) is 7.32. The fraction of sp³-hybridized carbons (Fsp3) is 0.438. The van der Waals surface area contributed by atoms with Crippen LogP contribution in [0.1, 0.15) is 19.7 Å². The van der Waals surface area contributed by atoms with E-state index in [2.05, 4.69) is 15.3 Å². The van der Waals surface area contributed by atoms with E-state index in [9.17, 15) is 9.59 Å². The predicted octanol–water partition coefficient (Wildman–Crippen LogP) is 1.05. The number of amides is 1. The summed E-state index contributed by atoms with van der Waals surface area (Å²) < 4.78 is -0.334. The molecule has 0 fully saturated rings. The van der Waals surface area contributed by atoms with Crippen molar-refractivity contribution in [2.24, 2.45) is 5.73 Å². The van der Waals surface area contributed by atoms with Crippen molar-refractivity contribution in [2.75, 3.05) is 12.8 Å². The first-order chi connectivity index (χ1) is 10.8. The van der Waals surface area contributed by atoms with Gasteiger partial charge in [0.05, 0.1) is 16.9 Å². The van der Waals surface area contributed by atoms with E-state index in [1.54, 1.807) is 30.0 Å². The molecule has 0 radical (unpaired) electrons. The Morgan fingerprint density at radius 3 is 2.83 bits per heavy atom. The maximum Gasteiger partial charge on any atom is 0.258 e. The van der Waals surface area contributed by atoms with Gasteiger partial charge < -0.3 is 16.0 Å². The van der Waals surface area contributed by atoms with E-state index in [-0.39, 0.29) is 16.2 Å². The molecule has 1 aromatic heterocycles. The second kappa shape index (κ2) is 7.14. The van der Waals surface area contributed by atoms with Crippen LogP contribution in [-0.2, 0) is 11.2 Å². The van der Waals surface area contributed by atoms with Crippen molar-refractivity contribution in [2.45, 2.75) is 31.1 Å². The molecule has 4 N–H and O–H groups in total. The third-order valence-corrected chi connectivity index (χ3v) is 5.19. The number of rotatable bonds is 6. The summed E-state index contributed by atoms with van der Waals surface area (Å²) in [5.74, 6) is 0.346. The van der Waals surface area contributed by atoms with Gasteiger partial charge in [0.25, 0.3) is 5.56 Å². The topological polar surface area (TPSA) is 101 Å². The van der Waals surface area contributed by atoms with Gasteiger partial charge in [0, 0.05) is 17.7 Å². The SMILES string of the molecule is CSC(C)(C)[C@H](N)C(=O)NCCc1nc2ccccc2c(=O)[nH]1. The van der Waals surface area contributed by atoms with Gasteiger partial charge in [-0.1, -0.05) is 12.1 Å². The Morgan fingerprint density at radius 1 is 1.43 bits per heavy atom. The minimum atomic E-state index is -0.596. The zero-order chi connectivity index (χ0) is 17.0. The number of hydrogen-bond acceptors (Lipinski definition) is 5. The fourth-order valence-electron chi connectivity index (χ4n) is 2.11. The van der Waals surface area contributed by atoms with Crippen LogP contribution in [0.3, 0.4) is 0 Å². The summed E-state index contributed by atoms with van der Waals surface area (Å²) in [5, 5.41) is 3.36. The zero-order valence-electron chi connectivity index (χ0n) is 13.6. The number of benzene rings is 1. The Balaban J connectivity index is 1.99. The highest BCUT2D eigenvalue weighted by atomic mass is 32.2. The lowest BCUT2D eigenvalue weighted by molar-refractivity contribution is -0.122. The fourth-order valence-corrected chi connectivity index (χ4v) is 2.47. The molecular weight excluding hydrogens is 312 g/mol. The summed E-state index contributed by atoms with van der Waals surface area (Å²) in [5.41, 5.74) is 6.46. The lowest BCUT2D eigenvalue weighted by atomic mass is 10.0. The molecular formula is C16H22N4O2S. The highest BCUT2D eigenvalue weighted by Gasteiger charge is 2.30. The molecule has 0 aliphatic carbocycles. The van der Waals surface area contributed by atoms with Crippen molar-refractivity contribution < 1.29 is 4.79 Å². The van der Waals surface area contributed by atoms with Crippen molar-refractivity contribution in [3.8, 4) is 0 Å². The Kier molecular flexibility index (Phi) is 5.43. The van der Waals surface area contributed by atoms with E-state index in [0.717, 1.165) is 0 Å². The molecule has 7 heteroatoms. The van der Waals surface area contributed by atoms with Crippen LogP contribution < -0.4 is 16.6 Å². The number of para-hydroxylation sites is 1. The average Bonchev–Trinajstić information content (AvgIpc) is 2.54. The minimum Gasteiger partial charge on any atom is -0.354 e. The maximum absolute atomic E-state index is 12.1. The molecule has 0 bridgehead atoms. The molecule has 124 valence electrons. The first-order valence-electron chi connectivity index (χ1n) is 7.41. The lowest BCUT2D eigenvalue weighted by Gasteiger charge is -2.28. The van der Waals surface area contributed by atoms with Gasteiger partial charge in [-0.3, -0.25) is 9.59 Å². The number of H-pyrrole nitrogens is 1. The van der Waals surface area contributed by atoms with Crippen LogP contribution in [0.5, 0.6) is 0 Å². The van der Waals surface area contributed by atoms with Crippen LogP contribution in [0.2, 0.25) is 0 Å². The van der Waals surface area contributed by atoms with Gasteiger partial charge >= 0.3 is 0 Å². The molecule has 0 unspecified atom stereocenters. The number of carbonyl (C=O) groups is 1. The van der Waals surface area contributed by atoms with Crippen LogP contribution in [0.4, 0.5) is 0 Å².